The third-order valence-electron chi connectivity index (χ3n) is 2.99. The van der Waals surface area contributed by atoms with Crippen molar-refractivity contribution in [3.05, 3.63) is 0 Å². The van der Waals surface area contributed by atoms with E-state index in [2.05, 4.69) is 31.1 Å². The van der Waals surface area contributed by atoms with Gasteiger partial charge >= 0.3 is 0 Å². The quantitative estimate of drug-likeness (QED) is 0.735. The molecule has 1 rings (SSSR count). The fourth-order valence-electron chi connectivity index (χ4n) is 1.80. The van der Waals surface area contributed by atoms with E-state index < -0.39 is 0 Å². The molecule has 1 fully saturated rings. The third-order valence-corrected chi connectivity index (χ3v) is 2.99. The molecule has 0 aromatic heterocycles. The van der Waals surface area contributed by atoms with Gasteiger partial charge in [0.2, 0.25) is 0 Å². The average Bonchev–Trinajstić information content (AvgIpc) is 2.15. The zero-order chi connectivity index (χ0) is 10.6. The molecule has 1 aliphatic rings. The van der Waals surface area contributed by atoms with Crippen LogP contribution in [0.5, 0.6) is 0 Å². The van der Waals surface area contributed by atoms with Gasteiger partial charge in [-0.2, -0.15) is 0 Å². The van der Waals surface area contributed by atoms with Crippen molar-refractivity contribution in [2.24, 2.45) is 0 Å². The zero-order valence-electron chi connectivity index (χ0n) is 9.97. The van der Waals surface area contributed by atoms with Crippen molar-refractivity contribution in [2.75, 3.05) is 33.8 Å². The predicted molar refractivity (Wildman–Crippen MR) is 59.6 cm³/mol. The Morgan fingerprint density at radius 1 is 1.50 bits per heavy atom. The zero-order valence-corrected chi connectivity index (χ0v) is 9.97. The van der Waals surface area contributed by atoms with E-state index in [4.69, 9.17) is 4.74 Å². The van der Waals surface area contributed by atoms with Gasteiger partial charge in [-0.05, 0) is 40.3 Å². The summed E-state index contributed by atoms with van der Waals surface area (Å²) < 4.78 is 5.38. The molecule has 0 spiro atoms. The summed E-state index contributed by atoms with van der Waals surface area (Å²) >= 11 is 0. The Hall–Kier alpha value is -0.120. The Bertz CT molecular complexity index is 171. The molecule has 0 aliphatic carbocycles. The van der Waals surface area contributed by atoms with Crippen LogP contribution in [0.3, 0.4) is 0 Å². The molecule has 1 aliphatic heterocycles. The highest BCUT2D eigenvalue weighted by atomic mass is 16.5. The van der Waals surface area contributed by atoms with Crippen molar-refractivity contribution >= 4 is 0 Å². The first-order valence-electron chi connectivity index (χ1n) is 5.50. The van der Waals surface area contributed by atoms with Gasteiger partial charge in [0.1, 0.15) is 0 Å². The highest BCUT2D eigenvalue weighted by Crippen LogP contribution is 2.10. The van der Waals surface area contributed by atoms with E-state index >= 15 is 0 Å². The van der Waals surface area contributed by atoms with E-state index in [9.17, 15) is 0 Å². The van der Waals surface area contributed by atoms with E-state index in [0.29, 0.717) is 6.04 Å². The minimum Gasteiger partial charge on any atom is -0.377 e. The summed E-state index contributed by atoms with van der Waals surface area (Å²) in [5.41, 5.74) is -0.0456. The fourth-order valence-corrected chi connectivity index (χ4v) is 1.80. The number of rotatable bonds is 4. The second-order valence-electron chi connectivity index (χ2n) is 4.95. The Morgan fingerprint density at radius 2 is 2.21 bits per heavy atom. The maximum atomic E-state index is 5.38. The van der Waals surface area contributed by atoms with Gasteiger partial charge in [-0.15, -0.1) is 0 Å². The van der Waals surface area contributed by atoms with E-state index in [1.165, 1.54) is 25.9 Å². The molecule has 0 aromatic rings. The molecule has 1 saturated heterocycles. The van der Waals surface area contributed by atoms with Crippen molar-refractivity contribution < 1.29 is 4.74 Å². The van der Waals surface area contributed by atoms with Crippen LogP contribution in [0.2, 0.25) is 0 Å². The molecule has 84 valence electrons. The van der Waals surface area contributed by atoms with Crippen molar-refractivity contribution in [1.82, 2.24) is 10.2 Å². The standard InChI is InChI=1S/C11H24N2O/c1-11(2,14-4)9-12-10-6-5-7-13(3)8-10/h10,12H,5-9H2,1-4H3. The number of methoxy groups -OCH3 is 1. The van der Waals surface area contributed by atoms with Crippen LogP contribution in [-0.2, 0) is 4.74 Å². The molecule has 14 heavy (non-hydrogen) atoms. The third kappa shape index (κ3) is 3.95. The van der Waals surface area contributed by atoms with Crippen LogP contribution in [0.1, 0.15) is 26.7 Å². The first kappa shape index (κ1) is 12.0. The van der Waals surface area contributed by atoms with Gasteiger partial charge in [-0.1, -0.05) is 0 Å². The van der Waals surface area contributed by atoms with Crippen LogP contribution in [0.4, 0.5) is 0 Å². The highest BCUT2D eigenvalue weighted by Gasteiger charge is 2.21. The molecule has 0 saturated carbocycles. The van der Waals surface area contributed by atoms with Crippen LogP contribution in [0, 0.1) is 0 Å². The Labute approximate surface area is 87.8 Å². The lowest BCUT2D eigenvalue weighted by Crippen LogP contribution is -2.48. The number of hydrogen-bond donors (Lipinski definition) is 1. The molecule has 0 radical (unpaired) electrons. The summed E-state index contributed by atoms with van der Waals surface area (Å²) in [6.07, 6.45) is 2.60. The second kappa shape index (κ2) is 5.10. The summed E-state index contributed by atoms with van der Waals surface area (Å²) in [6, 6.07) is 0.642. The van der Waals surface area contributed by atoms with Crippen LogP contribution in [-0.4, -0.2) is 50.3 Å². The molecule has 0 aromatic carbocycles. The number of nitrogens with zero attached hydrogens (tertiary/aromatic N) is 1. The molecule has 1 atom stereocenters. The molecular formula is C11H24N2O. The Morgan fingerprint density at radius 3 is 2.79 bits per heavy atom. The maximum absolute atomic E-state index is 5.38. The lowest BCUT2D eigenvalue weighted by atomic mass is 10.0. The minimum atomic E-state index is -0.0456. The first-order valence-corrected chi connectivity index (χ1v) is 5.50. The second-order valence-corrected chi connectivity index (χ2v) is 4.95. The summed E-state index contributed by atoms with van der Waals surface area (Å²) in [5.74, 6) is 0. The van der Waals surface area contributed by atoms with Crippen LogP contribution in [0.25, 0.3) is 0 Å². The molecule has 1 heterocycles. The fraction of sp³-hybridized carbons (Fsp3) is 1.00. The summed E-state index contributed by atoms with van der Waals surface area (Å²) in [4.78, 5) is 2.39. The molecular weight excluding hydrogens is 176 g/mol. The number of likely N-dealkylation sites (tertiary alicyclic amines) is 1. The first-order chi connectivity index (χ1) is 6.53. The highest BCUT2D eigenvalue weighted by molar-refractivity contribution is 4.80. The number of nitrogens with one attached hydrogen (secondary N) is 1. The summed E-state index contributed by atoms with van der Waals surface area (Å²) in [5, 5.41) is 3.58. The Balaban J connectivity index is 2.23. The number of hydrogen-bond acceptors (Lipinski definition) is 3. The monoisotopic (exact) mass is 200 g/mol. The van der Waals surface area contributed by atoms with Gasteiger partial charge in [0.25, 0.3) is 0 Å². The van der Waals surface area contributed by atoms with Crippen LogP contribution in [0.15, 0.2) is 0 Å². The van der Waals surface area contributed by atoms with Crippen LogP contribution >= 0.6 is 0 Å². The summed E-state index contributed by atoms with van der Waals surface area (Å²) in [7, 11) is 3.96. The van der Waals surface area contributed by atoms with Crippen molar-refractivity contribution in [1.29, 1.82) is 0 Å². The molecule has 0 amide bonds. The van der Waals surface area contributed by atoms with Crippen molar-refractivity contribution in [2.45, 2.75) is 38.3 Å². The van der Waals surface area contributed by atoms with Crippen molar-refractivity contribution in [3.8, 4) is 0 Å². The number of piperidine rings is 1. The summed E-state index contributed by atoms with van der Waals surface area (Å²) in [6.45, 7) is 7.58. The molecule has 3 heteroatoms. The normalized spacial score (nSPS) is 25.3. The van der Waals surface area contributed by atoms with Gasteiger partial charge in [0.05, 0.1) is 5.60 Å². The van der Waals surface area contributed by atoms with Gasteiger partial charge < -0.3 is 15.0 Å². The number of ether oxygens (including phenoxy) is 1. The predicted octanol–water partition coefficient (Wildman–Crippen LogP) is 1.10. The SMILES string of the molecule is COC(C)(C)CNC1CCCN(C)C1. The topological polar surface area (TPSA) is 24.5 Å². The maximum Gasteiger partial charge on any atom is 0.0746 e. The minimum absolute atomic E-state index is 0.0456. The molecule has 1 N–H and O–H groups in total. The lowest BCUT2D eigenvalue weighted by molar-refractivity contribution is 0.0189. The number of likely N-dealkylation sites (N-methyl/N-ethyl adjacent to an activating group) is 1. The van der Waals surface area contributed by atoms with E-state index in [0.717, 1.165) is 6.54 Å². The molecule has 3 nitrogen and oxygen atoms in total. The van der Waals surface area contributed by atoms with Gasteiger partial charge in [-0.25, -0.2) is 0 Å². The van der Waals surface area contributed by atoms with E-state index in [1.54, 1.807) is 7.11 Å². The van der Waals surface area contributed by atoms with Crippen LogP contribution < -0.4 is 5.32 Å². The average molecular weight is 200 g/mol. The van der Waals surface area contributed by atoms with Gasteiger partial charge in [0, 0.05) is 26.2 Å². The molecule has 0 bridgehead atoms. The molecule has 1 unspecified atom stereocenters. The largest absolute Gasteiger partial charge is 0.377 e. The Kier molecular flexibility index (Phi) is 4.35. The van der Waals surface area contributed by atoms with Gasteiger partial charge in [0.15, 0.2) is 0 Å². The van der Waals surface area contributed by atoms with Gasteiger partial charge in [-0.3, -0.25) is 0 Å². The van der Waals surface area contributed by atoms with E-state index in [1.807, 2.05) is 0 Å². The lowest BCUT2D eigenvalue weighted by Gasteiger charge is -2.33. The van der Waals surface area contributed by atoms with Crippen molar-refractivity contribution in [3.63, 3.8) is 0 Å². The smallest absolute Gasteiger partial charge is 0.0746 e. The van der Waals surface area contributed by atoms with E-state index in [-0.39, 0.29) is 5.60 Å².